The summed E-state index contributed by atoms with van der Waals surface area (Å²) in [6.45, 7) is 2.14. The fourth-order valence-corrected chi connectivity index (χ4v) is 3.06. The van der Waals surface area contributed by atoms with Crippen LogP contribution in [0.1, 0.15) is 18.5 Å². The Morgan fingerprint density at radius 3 is 2.82 bits per heavy atom. The minimum atomic E-state index is 0.242. The Labute approximate surface area is 118 Å². The molecule has 1 aromatic heterocycles. The first-order valence-corrected chi connectivity index (χ1v) is 7.22. The van der Waals surface area contributed by atoms with Gasteiger partial charge in [0.25, 0.3) is 0 Å². The maximum absolute atomic E-state index is 6.00. The number of anilines is 1. The van der Waals surface area contributed by atoms with Crippen molar-refractivity contribution in [3.63, 3.8) is 0 Å². The maximum Gasteiger partial charge on any atom is 0.186 e. The molecule has 0 N–H and O–H groups in total. The van der Waals surface area contributed by atoms with Crippen molar-refractivity contribution < 1.29 is 0 Å². The zero-order valence-corrected chi connectivity index (χ0v) is 12.7. The van der Waals surface area contributed by atoms with Crippen molar-refractivity contribution in [1.82, 2.24) is 4.98 Å². The Kier molecular flexibility index (Phi) is 4.07. The summed E-state index contributed by atoms with van der Waals surface area (Å²) in [5.41, 5.74) is 1.19. The molecule has 0 saturated carbocycles. The summed E-state index contributed by atoms with van der Waals surface area (Å²) in [4.78, 5) is 6.55. The summed E-state index contributed by atoms with van der Waals surface area (Å²) in [6, 6.07) is 8.17. The SMILES string of the molecule is CC(c1cccc(Cl)c1)N(C)c1nc(Br)cs1. The summed E-state index contributed by atoms with van der Waals surface area (Å²) in [6.07, 6.45) is 0. The van der Waals surface area contributed by atoms with Gasteiger partial charge >= 0.3 is 0 Å². The number of rotatable bonds is 3. The second-order valence-corrected chi connectivity index (χ2v) is 5.88. The molecule has 2 rings (SSSR count). The Balaban J connectivity index is 2.22. The first kappa shape index (κ1) is 12.9. The van der Waals surface area contributed by atoms with E-state index in [4.69, 9.17) is 11.6 Å². The highest BCUT2D eigenvalue weighted by Gasteiger charge is 2.15. The van der Waals surface area contributed by atoms with Crippen molar-refractivity contribution in [2.24, 2.45) is 0 Å². The van der Waals surface area contributed by atoms with Crippen LogP contribution in [0.25, 0.3) is 0 Å². The molecule has 0 aliphatic rings. The molecule has 1 heterocycles. The fraction of sp³-hybridized carbons (Fsp3) is 0.250. The van der Waals surface area contributed by atoms with Crippen molar-refractivity contribution in [3.8, 4) is 0 Å². The van der Waals surface area contributed by atoms with Crippen LogP contribution in [0.2, 0.25) is 5.02 Å². The second-order valence-electron chi connectivity index (χ2n) is 3.79. The number of hydrogen-bond donors (Lipinski definition) is 0. The molecule has 90 valence electrons. The minimum Gasteiger partial charge on any atom is -0.344 e. The highest BCUT2D eigenvalue weighted by Crippen LogP contribution is 2.30. The Hall–Kier alpha value is -0.580. The Morgan fingerprint density at radius 1 is 1.47 bits per heavy atom. The molecule has 1 atom stereocenters. The van der Waals surface area contributed by atoms with Crippen LogP contribution in [0.3, 0.4) is 0 Å². The van der Waals surface area contributed by atoms with Crippen LogP contribution >= 0.6 is 38.9 Å². The van der Waals surface area contributed by atoms with E-state index in [1.807, 2.05) is 30.6 Å². The van der Waals surface area contributed by atoms with Crippen molar-refractivity contribution >= 4 is 44.0 Å². The number of benzene rings is 1. The average molecular weight is 332 g/mol. The molecule has 0 bridgehead atoms. The second kappa shape index (κ2) is 5.38. The van der Waals surface area contributed by atoms with E-state index in [0.29, 0.717) is 0 Å². The van der Waals surface area contributed by atoms with E-state index >= 15 is 0 Å². The van der Waals surface area contributed by atoms with Gasteiger partial charge in [0.05, 0.1) is 6.04 Å². The predicted molar refractivity (Wildman–Crippen MR) is 78.1 cm³/mol. The van der Waals surface area contributed by atoms with Gasteiger partial charge in [-0.05, 0) is 40.5 Å². The maximum atomic E-state index is 6.00. The monoisotopic (exact) mass is 330 g/mol. The van der Waals surface area contributed by atoms with E-state index in [-0.39, 0.29) is 6.04 Å². The lowest BCUT2D eigenvalue weighted by molar-refractivity contribution is 0.736. The lowest BCUT2D eigenvalue weighted by atomic mass is 10.1. The van der Waals surface area contributed by atoms with Crippen LogP contribution in [0.4, 0.5) is 5.13 Å². The topological polar surface area (TPSA) is 16.1 Å². The zero-order valence-electron chi connectivity index (χ0n) is 9.52. The van der Waals surface area contributed by atoms with Gasteiger partial charge in [-0.3, -0.25) is 0 Å². The third-order valence-corrected chi connectivity index (χ3v) is 4.55. The normalized spacial score (nSPS) is 12.5. The van der Waals surface area contributed by atoms with Crippen LogP contribution in [-0.4, -0.2) is 12.0 Å². The van der Waals surface area contributed by atoms with Crippen molar-refractivity contribution in [2.45, 2.75) is 13.0 Å². The summed E-state index contributed by atoms with van der Waals surface area (Å²) in [5.74, 6) is 0. The van der Waals surface area contributed by atoms with Crippen molar-refractivity contribution in [2.75, 3.05) is 11.9 Å². The zero-order chi connectivity index (χ0) is 12.4. The van der Waals surface area contributed by atoms with Crippen LogP contribution in [-0.2, 0) is 0 Å². The summed E-state index contributed by atoms with van der Waals surface area (Å²) >= 11 is 11.0. The van der Waals surface area contributed by atoms with Gasteiger partial charge in [0.1, 0.15) is 4.60 Å². The molecule has 0 radical (unpaired) electrons. The van der Waals surface area contributed by atoms with E-state index in [2.05, 4.69) is 38.8 Å². The number of thiazole rings is 1. The van der Waals surface area contributed by atoms with E-state index < -0.39 is 0 Å². The third kappa shape index (κ3) is 3.00. The highest BCUT2D eigenvalue weighted by atomic mass is 79.9. The van der Waals surface area contributed by atoms with Crippen LogP contribution in [0, 0.1) is 0 Å². The van der Waals surface area contributed by atoms with Crippen molar-refractivity contribution in [3.05, 3.63) is 44.8 Å². The van der Waals surface area contributed by atoms with Gasteiger partial charge in [-0.15, -0.1) is 11.3 Å². The summed E-state index contributed by atoms with van der Waals surface area (Å²) in [7, 11) is 2.04. The van der Waals surface area contributed by atoms with Crippen molar-refractivity contribution in [1.29, 1.82) is 0 Å². The molecule has 2 nitrogen and oxygen atoms in total. The molecule has 2 aromatic rings. The van der Waals surface area contributed by atoms with Crippen LogP contribution in [0.5, 0.6) is 0 Å². The predicted octanol–water partition coefficient (Wildman–Crippen LogP) is 4.76. The standard InChI is InChI=1S/C12H12BrClN2S/c1-8(9-4-3-5-10(14)6-9)16(2)12-15-11(13)7-17-12/h3-8H,1-2H3. The Morgan fingerprint density at radius 2 is 2.24 bits per heavy atom. The van der Waals surface area contributed by atoms with Gasteiger partial charge in [0.15, 0.2) is 5.13 Å². The first-order chi connectivity index (χ1) is 8.08. The molecular formula is C12H12BrClN2S. The molecule has 0 spiro atoms. The molecule has 0 aliphatic heterocycles. The van der Waals surface area contributed by atoms with Gasteiger partial charge in [-0.25, -0.2) is 4.98 Å². The fourth-order valence-electron chi connectivity index (χ4n) is 1.56. The van der Waals surface area contributed by atoms with Gasteiger partial charge in [0, 0.05) is 17.5 Å². The molecule has 0 saturated heterocycles. The van der Waals surface area contributed by atoms with Gasteiger partial charge in [-0.2, -0.15) is 0 Å². The van der Waals surface area contributed by atoms with Crippen LogP contribution < -0.4 is 4.90 Å². The number of nitrogens with zero attached hydrogens (tertiary/aromatic N) is 2. The van der Waals surface area contributed by atoms with E-state index in [9.17, 15) is 0 Å². The minimum absolute atomic E-state index is 0.242. The van der Waals surface area contributed by atoms with E-state index in [0.717, 1.165) is 14.8 Å². The molecular weight excluding hydrogens is 320 g/mol. The Bertz CT molecular complexity index is 515. The van der Waals surface area contributed by atoms with Gasteiger partial charge in [0.2, 0.25) is 0 Å². The lowest BCUT2D eigenvalue weighted by Crippen LogP contribution is -2.21. The molecule has 17 heavy (non-hydrogen) atoms. The van der Waals surface area contributed by atoms with Gasteiger partial charge in [-0.1, -0.05) is 23.7 Å². The molecule has 5 heteroatoms. The quantitative estimate of drug-likeness (QED) is 0.806. The average Bonchev–Trinajstić information content (AvgIpc) is 2.74. The number of aromatic nitrogens is 1. The number of hydrogen-bond acceptors (Lipinski definition) is 3. The third-order valence-electron chi connectivity index (χ3n) is 2.68. The molecule has 1 unspecified atom stereocenters. The number of halogens is 2. The van der Waals surface area contributed by atoms with Crippen LogP contribution in [0.15, 0.2) is 34.2 Å². The first-order valence-electron chi connectivity index (χ1n) is 5.17. The smallest absolute Gasteiger partial charge is 0.186 e. The highest BCUT2D eigenvalue weighted by molar-refractivity contribution is 9.10. The molecule has 0 fully saturated rings. The van der Waals surface area contributed by atoms with E-state index in [1.165, 1.54) is 5.56 Å². The van der Waals surface area contributed by atoms with Gasteiger partial charge < -0.3 is 4.90 Å². The molecule has 0 aliphatic carbocycles. The molecule has 0 amide bonds. The van der Waals surface area contributed by atoms with E-state index in [1.54, 1.807) is 11.3 Å². The summed E-state index contributed by atoms with van der Waals surface area (Å²) < 4.78 is 0.877. The lowest BCUT2D eigenvalue weighted by Gasteiger charge is -2.24. The summed E-state index contributed by atoms with van der Waals surface area (Å²) in [5, 5.41) is 3.74. The largest absolute Gasteiger partial charge is 0.344 e. The molecule has 1 aromatic carbocycles.